The van der Waals surface area contributed by atoms with E-state index in [1.807, 2.05) is 47.0 Å². The molecule has 0 aromatic heterocycles. The second-order valence-corrected chi connectivity index (χ2v) is 8.28. The van der Waals surface area contributed by atoms with E-state index >= 15 is 0 Å². The lowest BCUT2D eigenvalue weighted by molar-refractivity contribution is -0.549. The molecule has 0 amide bonds. The van der Waals surface area contributed by atoms with Gasteiger partial charge in [0.1, 0.15) is 17.6 Å². The highest BCUT2D eigenvalue weighted by Gasteiger charge is 2.26. The smallest absolute Gasteiger partial charge is 0.352 e. The molecule has 0 spiro atoms. The minimum Gasteiger partial charge on any atom is -1.00 e. The highest BCUT2D eigenvalue weighted by molar-refractivity contribution is 5.77. The average molecular weight is 490 g/mol. The number of nitrogens with two attached hydrogens (primary N) is 2. The highest BCUT2D eigenvalue weighted by Crippen LogP contribution is 2.29. The number of nitrogens with zero attached hydrogens (tertiary/aromatic N) is 1. The second-order valence-electron chi connectivity index (χ2n) is 8.28. The third-order valence-electron chi connectivity index (χ3n) is 5.96. The van der Waals surface area contributed by atoms with Gasteiger partial charge in [0.2, 0.25) is 6.10 Å². The van der Waals surface area contributed by atoms with Gasteiger partial charge in [-0.25, -0.2) is 4.79 Å². The molecule has 0 radical (unpaired) electrons. The fourth-order valence-electron chi connectivity index (χ4n) is 4.14. The van der Waals surface area contributed by atoms with E-state index in [2.05, 4.69) is 0 Å². The number of hydrogen-bond donors (Lipinski definition) is 2. The van der Waals surface area contributed by atoms with Gasteiger partial charge in [-0.05, 0) is 42.3 Å². The normalized spacial score (nSPS) is 16.6. The first-order valence-electron chi connectivity index (χ1n) is 11.5. The lowest BCUT2D eigenvalue weighted by atomic mass is 10.0. The van der Waals surface area contributed by atoms with Crippen LogP contribution in [0.4, 0.5) is 0 Å². The molecule has 2 aromatic carbocycles. The van der Waals surface area contributed by atoms with Crippen molar-refractivity contribution in [1.29, 1.82) is 0 Å². The molecule has 4 N–H and O–H groups in total. The number of hydrogen-bond acceptors (Lipinski definition) is 5. The van der Waals surface area contributed by atoms with Gasteiger partial charge < -0.3 is 31.4 Å². The Kier molecular flexibility index (Phi) is 9.01. The zero-order chi connectivity index (χ0) is 23.2. The maximum absolute atomic E-state index is 12.7. The van der Waals surface area contributed by atoms with Crippen LogP contribution in [0.2, 0.25) is 0 Å². The van der Waals surface area contributed by atoms with Gasteiger partial charge in [-0.15, -0.1) is 0 Å². The predicted octanol–water partition coefficient (Wildman–Crippen LogP) is -0.726. The van der Waals surface area contributed by atoms with Crippen molar-refractivity contribution in [2.75, 3.05) is 26.4 Å². The highest BCUT2D eigenvalue weighted by atomic mass is 35.5. The predicted molar refractivity (Wildman–Crippen MR) is 123 cm³/mol. The fraction of sp³-hybridized carbons (Fsp3) is 0.440. The number of benzene rings is 2. The number of esters is 1. The Morgan fingerprint density at radius 1 is 1.09 bits per heavy atom. The Morgan fingerprint density at radius 3 is 2.47 bits per heavy atom. The Bertz CT molecular complexity index is 1000. The van der Waals surface area contributed by atoms with E-state index in [-0.39, 0.29) is 25.1 Å². The molecular weight excluding hydrogens is 458 g/mol. The summed E-state index contributed by atoms with van der Waals surface area (Å²) >= 11 is 0. The maximum Gasteiger partial charge on any atom is 0.352 e. The van der Waals surface area contributed by atoms with Crippen LogP contribution in [0.25, 0.3) is 0 Å². The Labute approximate surface area is 206 Å². The maximum atomic E-state index is 12.7. The van der Waals surface area contributed by atoms with Crippen molar-refractivity contribution < 1.29 is 40.7 Å². The second kappa shape index (κ2) is 11.9. The number of carbonyl (C=O) groups excluding carboxylic acids is 1. The third kappa shape index (κ3) is 6.33. The summed E-state index contributed by atoms with van der Waals surface area (Å²) in [5.74, 6) is 1.22. The van der Waals surface area contributed by atoms with Crippen LogP contribution in [0.3, 0.4) is 0 Å². The van der Waals surface area contributed by atoms with E-state index in [1.54, 1.807) is 6.92 Å². The average Bonchev–Trinajstić information content (AvgIpc) is 2.83. The summed E-state index contributed by atoms with van der Waals surface area (Å²) in [6.07, 6.45) is 1.87. The summed E-state index contributed by atoms with van der Waals surface area (Å²) in [6, 6.07) is 13.3. The summed E-state index contributed by atoms with van der Waals surface area (Å²) in [5.41, 5.74) is 14.6. The number of carbonyl (C=O) groups is 1. The molecule has 4 rings (SSSR count). The Hall–Kier alpha value is -2.97. The minimum absolute atomic E-state index is 0. The summed E-state index contributed by atoms with van der Waals surface area (Å²) in [4.78, 5) is 12.7. The van der Waals surface area contributed by atoms with Gasteiger partial charge in [-0.1, -0.05) is 18.2 Å². The number of guanidine groups is 1. The van der Waals surface area contributed by atoms with Crippen LogP contribution >= 0.6 is 0 Å². The van der Waals surface area contributed by atoms with Gasteiger partial charge in [0, 0.05) is 24.8 Å². The Morgan fingerprint density at radius 2 is 1.79 bits per heavy atom. The van der Waals surface area contributed by atoms with Crippen molar-refractivity contribution >= 4 is 11.9 Å². The van der Waals surface area contributed by atoms with Crippen molar-refractivity contribution in [1.82, 2.24) is 0 Å². The van der Waals surface area contributed by atoms with Crippen molar-refractivity contribution in [3.05, 3.63) is 59.2 Å². The Balaban J connectivity index is 0.00000324. The van der Waals surface area contributed by atoms with Gasteiger partial charge in [0.25, 0.3) is 0 Å². The molecule has 2 aliphatic rings. The van der Waals surface area contributed by atoms with Crippen molar-refractivity contribution in [3.8, 4) is 11.5 Å². The van der Waals surface area contributed by atoms with Gasteiger partial charge in [-0.3, -0.25) is 16.0 Å². The number of ether oxygens (including phenoxy) is 4. The standard InChI is InChI=1S/C25H31N3O5.ClH/c1-2-31-24(29)23(18-4-6-20(7-5-18)32-21-10-13-30-14-11-21)33-22-8-3-17-9-12-28(25(26)27)16-19(17)15-22;/h3-8,15,21,23H,2,9-14,16H2,1H3,(H3,26,27);1H. The summed E-state index contributed by atoms with van der Waals surface area (Å²) < 4.78 is 24.8. The van der Waals surface area contributed by atoms with Crippen molar-refractivity contribution in [2.24, 2.45) is 11.5 Å². The molecule has 1 unspecified atom stereocenters. The summed E-state index contributed by atoms with van der Waals surface area (Å²) in [5, 5.41) is 0. The van der Waals surface area contributed by atoms with E-state index in [0.29, 0.717) is 23.8 Å². The van der Waals surface area contributed by atoms with Crippen molar-refractivity contribution in [2.45, 2.75) is 44.9 Å². The molecule has 2 aromatic rings. The van der Waals surface area contributed by atoms with Gasteiger partial charge in [-0.2, -0.15) is 0 Å². The van der Waals surface area contributed by atoms with Crippen LogP contribution in [0, 0.1) is 0 Å². The van der Waals surface area contributed by atoms with Gasteiger partial charge in [0.15, 0.2) is 0 Å². The molecule has 1 fully saturated rings. The third-order valence-corrected chi connectivity index (χ3v) is 5.96. The van der Waals surface area contributed by atoms with E-state index in [0.717, 1.165) is 50.3 Å². The van der Waals surface area contributed by atoms with Gasteiger partial charge >= 0.3 is 11.9 Å². The van der Waals surface area contributed by atoms with Gasteiger partial charge in [0.05, 0.1) is 32.9 Å². The van der Waals surface area contributed by atoms with E-state index in [9.17, 15) is 4.79 Å². The molecule has 9 heteroatoms. The first-order chi connectivity index (χ1) is 16.0. The molecule has 0 bridgehead atoms. The monoisotopic (exact) mass is 489 g/mol. The molecule has 184 valence electrons. The molecule has 1 atom stereocenters. The van der Waals surface area contributed by atoms with Crippen LogP contribution < -0.4 is 33.3 Å². The number of halogens is 1. The summed E-state index contributed by atoms with van der Waals surface area (Å²) in [7, 11) is 0. The molecule has 34 heavy (non-hydrogen) atoms. The molecular formula is C25H32ClN3O5. The largest absolute Gasteiger partial charge is 1.00 e. The lowest BCUT2D eigenvalue weighted by Gasteiger charge is -2.24. The van der Waals surface area contributed by atoms with Crippen LogP contribution in [-0.4, -0.2) is 49.0 Å². The molecule has 1 saturated heterocycles. The fourth-order valence-corrected chi connectivity index (χ4v) is 4.14. The molecule has 0 saturated carbocycles. The first-order valence-corrected chi connectivity index (χ1v) is 11.5. The molecule has 2 aliphatic heterocycles. The minimum atomic E-state index is -0.883. The van der Waals surface area contributed by atoms with Crippen LogP contribution in [-0.2, 0) is 27.2 Å². The van der Waals surface area contributed by atoms with E-state index < -0.39 is 12.1 Å². The zero-order valence-corrected chi connectivity index (χ0v) is 20.1. The molecule has 0 aliphatic carbocycles. The van der Waals surface area contributed by atoms with Crippen molar-refractivity contribution in [3.63, 3.8) is 0 Å². The quantitative estimate of drug-likeness (QED) is 0.300. The van der Waals surface area contributed by atoms with Crippen LogP contribution in [0.15, 0.2) is 42.5 Å². The van der Waals surface area contributed by atoms with Crippen LogP contribution in [0.5, 0.6) is 11.5 Å². The van der Waals surface area contributed by atoms with E-state index in [1.165, 1.54) is 5.56 Å². The molecule has 2 heterocycles. The summed E-state index contributed by atoms with van der Waals surface area (Å²) in [6.45, 7) is 4.88. The number of fused-ring (bicyclic) bond motifs is 1. The first kappa shape index (κ1) is 25.6. The molecule has 8 nitrogen and oxygen atoms in total. The lowest BCUT2D eigenvalue weighted by Crippen LogP contribution is -3.00. The van der Waals surface area contributed by atoms with Crippen LogP contribution in [0.1, 0.15) is 42.6 Å². The topological polar surface area (TPSA) is 109 Å². The van der Waals surface area contributed by atoms with E-state index in [4.69, 9.17) is 30.4 Å². The SMILES string of the molecule is CCOC(=O)C(Oc1ccc2c(c1)C[N+](=C(N)N)CC2)c1ccc(OC2CCOCC2)cc1.[Cl-]. The number of rotatable bonds is 7. The zero-order valence-electron chi connectivity index (χ0n) is 19.4.